The number of pyridine rings is 1. The first-order valence-electron chi connectivity index (χ1n) is 7.67. The van der Waals surface area contributed by atoms with Gasteiger partial charge in [0.1, 0.15) is 0 Å². The summed E-state index contributed by atoms with van der Waals surface area (Å²) in [5.41, 5.74) is 1.28. The zero-order valence-electron chi connectivity index (χ0n) is 12.9. The van der Waals surface area contributed by atoms with Crippen LogP contribution in [-0.2, 0) is 6.54 Å². The molecule has 1 N–H and O–H groups in total. The van der Waals surface area contributed by atoms with Gasteiger partial charge in [0.2, 0.25) is 5.88 Å². The first-order valence-corrected chi connectivity index (χ1v) is 7.67. The highest BCUT2D eigenvalue weighted by Crippen LogP contribution is 2.16. The highest BCUT2D eigenvalue weighted by atomic mass is 16.5. The third-order valence-electron chi connectivity index (χ3n) is 4.26. The Morgan fingerprint density at radius 2 is 2.40 bits per heavy atom. The highest BCUT2D eigenvalue weighted by Gasteiger charge is 2.21. The van der Waals surface area contributed by atoms with Gasteiger partial charge in [0, 0.05) is 31.4 Å². The van der Waals surface area contributed by atoms with E-state index >= 15 is 0 Å². The molecule has 2 atom stereocenters. The Morgan fingerprint density at radius 3 is 3.15 bits per heavy atom. The van der Waals surface area contributed by atoms with Gasteiger partial charge < -0.3 is 10.1 Å². The molecule has 2 heterocycles. The second kappa shape index (κ2) is 7.60. The molecule has 1 aliphatic heterocycles. The second-order valence-electron chi connectivity index (χ2n) is 5.74. The van der Waals surface area contributed by atoms with Gasteiger partial charge in [-0.2, -0.15) is 0 Å². The van der Waals surface area contributed by atoms with Gasteiger partial charge >= 0.3 is 0 Å². The minimum atomic E-state index is 0.603. The second-order valence-corrected chi connectivity index (χ2v) is 5.74. The Kier molecular flexibility index (Phi) is 5.80. The first-order chi connectivity index (χ1) is 9.72. The third-order valence-corrected chi connectivity index (χ3v) is 4.26. The molecule has 0 radical (unpaired) electrons. The molecule has 1 aromatic heterocycles. The van der Waals surface area contributed by atoms with Crippen LogP contribution in [0.4, 0.5) is 0 Å². The molecule has 2 unspecified atom stereocenters. The van der Waals surface area contributed by atoms with Gasteiger partial charge in [-0.25, -0.2) is 4.98 Å². The van der Waals surface area contributed by atoms with Crippen molar-refractivity contribution in [1.82, 2.24) is 15.2 Å². The topological polar surface area (TPSA) is 37.4 Å². The number of aromatic nitrogens is 1. The van der Waals surface area contributed by atoms with Crippen LogP contribution in [0.3, 0.4) is 0 Å². The summed E-state index contributed by atoms with van der Waals surface area (Å²) < 4.78 is 5.20. The predicted molar refractivity (Wildman–Crippen MR) is 81.9 cm³/mol. The SMILES string of the molecule is CCC(C)C1CN(Cc2ccnc(OC)c2)CCCN1. The lowest BCUT2D eigenvalue weighted by molar-refractivity contribution is 0.231. The molecule has 1 aromatic rings. The minimum Gasteiger partial charge on any atom is -0.481 e. The average molecular weight is 277 g/mol. The van der Waals surface area contributed by atoms with Crippen LogP contribution in [0.5, 0.6) is 5.88 Å². The summed E-state index contributed by atoms with van der Waals surface area (Å²) in [7, 11) is 1.67. The Labute approximate surface area is 122 Å². The highest BCUT2D eigenvalue weighted by molar-refractivity contribution is 5.20. The zero-order chi connectivity index (χ0) is 14.4. The molecule has 0 aliphatic carbocycles. The van der Waals surface area contributed by atoms with E-state index < -0.39 is 0 Å². The van der Waals surface area contributed by atoms with Gasteiger partial charge in [0.05, 0.1) is 7.11 Å². The van der Waals surface area contributed by atoms with E-state index in [-0.39, 0.29) is 0 Å². The summed E-state index contributed by atoms with van der Waals surface area (Å²) in [5, 5.41) is 3.69. The fourth-order valence-electron chi connectivity index (χ4n) is 2.75. The number of hydrogen-bond donors (Lipinski definition) is 1. The summed E-state index contributed by atoms with van der Waals surface area (Å²) in [4.78, 5) is 6.72. The largest absolute Gasteiger partial charge is 0.481 e. The predicted octanol–water partition coefficient (Wildman–Crippen LogP) is 2.30. The average Bonchev–Trinajstić information content (AvgIpc) is 2.72. The number of nitrogens with zero attached hydrogens (tertiary/aromatic N) is 2. The molecule has 1 fully saturated rings. The summed E-state index contributed by atoms with van der Waals surface area (Å²) in [6.07, 6.45) is 4.28. The lowest BCUT2D eigenvalue weighted by atomic mass is 9.99. The molecule has 0 bridgehead atoms. The van der Waals surface area contributed by atoms with E-state index in [1.165, 1.54) is 18.4 Å². The van der Waals surface area contributed by atoms with Gasteiger partial charge in [-0.15, -0.1) is 0 Å². The first kappa shape index (κ1) is 15.3. The monoisotopic (exact) mass is 277 g/mol. The van der Waals surface area contributed by atoms with Crippen LogP contribution >= 0.6 is 0 Å². The van der Waals surface area contributed by atoms with E-state index in [0.29, 0.717) is 11.9 Å². The normalized spacial score (nSPS) is 22.2. The van der Waals surface area contributed by atoms with E-state index in [2.05, 4.69) is 35.1 Å². The maximum absolute atomic E-state index is 5.20. The number of ether oxygens (including phenoxy) is 1. The third kappa shape index (κ3) is 4.18. The van der Waals surface area contributed by atoms with Gasteiger partial charge in [-0.05, 0) is 37.1 Å². The Balaban J connectivity index is 1.99. The molecule has 0 spiro atoms. The Morgan fingerprint density at radius 1 is 1.55 bits per heavy atom. The molecule has 0 saturated carbocycles. The summed E-state index contributed by atoms with van der Waals surface area (Å²) in [6.45, 7) is 9.01. The molecular weight excluding hydrogens is 250 g/mol. The van der Waals surface area contributed by atoms with Gasteiger partial charge in [0.25, 0.3) is 0 Å². The van der Waals surface area contributed by atoms with Crippen molar-refractivity contribution in [2.75, 3.05) is 26.7 Å². The fraction of sp³-hybridized carbons (Fsp3) is 0.688. The molecular formula is C16H27N3O. The van der Waals surface area contributed by atoms with Crippen LogP contribution in [0, 0.1) is 5.92 Å². The van der Waals surface area contributed by atoms with Crippen LogP contribution in [0.15, 0.2) is 18.3 Å². The summed E-state index contributed by atoms with van der Waals surface area (Å²) in [5.74, 6) is 1.43. The van der Waals surface area contributed by atoms with Crippen LogP contribution in [0.1, 0.15) is 32.3 Å². The van der Waals surface area contributed by atoms with Crippen molar-refractivity contribution >= 4 is 0 Å². The van der Waals surface area contributed by atoms with Gasteiger partial charge in [-0.1, -0.05) is 20.3 Å². The van der Waals surface area contributed by atoms with E-state index in [4.69, 9.17) is 4.74 Å². The van der Waals surface area contributed by atoms with E-state index in [1.807, 2.05) is 12.3 Å². The zero-order valence-corrected chi connectivity index (χ0v) is 12.9. The number of hydrogen-bond acceptors (Lipinski definition) is 4. The van der Waals surface area contributed by atoms with Crippen LogP contribution in [0.2, 0.25) is 0 Å². The van der Waals surface area contributed by atoms with Crippen molar-refractivity contribution in [2.24, 2.45) is 5.92 Å². The minimum absolute atomic E-state index is 0.603. The number of rotatable bonds is 5. The lowest BCUT2D eigenvalue weighted by Crippen LogP contribution is -2.41. The maximum Gasteiger partial charge on any atom is 0.213 e. The van der Waals surface area contributed by atoms with Gasteiger partial charge in [0.15, 0.2) is 0 Å². The molecule has 4 nitrogen and oxygen atoms in total. The Bertz CT molecular complexity index is 410. The van der Waals surface area contributed by atoms with E-state index in [9.17, 15) is 0 Å². The Hall–Kier alpha value is -1.13. The quantitative estimate of drug-likeness (QED) is 0.896. The van der Waals surface area contributed by atoms with Gasteiger partial charge in [-0.3, -0.25) is 4.90 Å². The summed E-state index contributed by atoms with van der Waals surface area (Å²) in [6, 6.07) is 4.72. The number of nitrogens with one attached hydrogen (secondary N) is 1. The van der Waals surface area contributed by atoms with Crippen molar-refractivity contribution < 1.29 is 4.74 Å². The van der Waals surface area contributed by atoms with Crippen molar-refractivity contribution in [1.29, 1.82) is 0 Å². The standard InChI is InChI=1S/C16H27N3O/c1-4-13(2)15-12-19(9-5-7-17-15)11-14-6-8-18-16(10-14)20-3/h6,8,10,13,15,17H,4-5,7,9,11-12H2,1-3H3. The lowest BCUT2D eigenvalue weighted by Gasteiger charge is -2.28. The molecule has 1 saturated heterocycles. The van der Waals surface area contributed by atoms with Crippen molar-refractivity contribution in [3.05, 3.63) is 23.9 Å². The molecule has 0 amide bonds. The van der Waals surface area contributed by atoms with Crippen molar-refractivity contribution in [2.45, 2.75) is 39.3 Å². The summed E-state index contributed by atoms with van der Waals surface area (Å²) >= 11 is 0. The number of methoxy groups -OCH3 is 1. The smallest absolute Gasteiger partial charge is 0.213 e. The molecule has 2 rings (SSSR count). The molecule has 4 heteroatoms. The molecule has 112 valence electrons. The molecule has 1 aliphatic rings. The molecule has 20 heavy (non-hydrogen) atoms. The maximum atomic E-state index is 5.20. The van der Waals surface area contributed by atoms with Crippen LogP contribution < -0.4 is 10.1 Å². The fourth-order valence-corrected chi connectivity index (χ4v) is 2.75. The van der Waals surface area contributed by atoms with Crippen molar-refractivity contribution in [3.63, 3.8) is 0 Å². The van der Waals surface area contributed by atoms with Crippen molar-refractivity contribution in [3.8, 4) is 5.88 Å². The van der Waals surface area contributed by atoms with E-state index in [0.717, 1.165) is 32.1 Å². The van der Waals surface area contributed by atoms with Crippen LogP contribution in [-0.4, -0.2) is 42.7 Å². The molecule has 0 aromatic carbocycles. The van der Waals surface area contributed by atoms with E-state index in [1.54, 1.807) is 7.11 Å². The van der Waals surface area contributed by atoms with Crippen LogP contribution in [0.25, 0.3) is 0 Å².